The van der Waals surface area contributed by atoms with Gasteiger partial charge in [-0.2, -0.15) is 0 Å². The average Bonchev–Trinajstić information content (AvgIpc) is 2.71. The van der Waals surface area contributed by atoms with Crippen molar-refractivity contribution >= 4 is 41.1 Å². The van der Waals surface area contributed by atoms with Crippen molar-refractivity contribution in [3.8, 4) is 0 Å². The van der Waals surface area contributed by atoms with Gasteiger partial charge in [-0.1, -0.05) is 48.0 Å². The molecule has 2 rings (SSSR count). The molecule has 0 aromatic heterocycles. The molecule has 0 radical (unpaired) electrons. The van der Waals surface area contributed by atoms with Crippen LogP contribution in [0.4, 0.5) is 10.5 Å². The third-order valence-corrected chi connectivity index (χ3v) is 4.09. The van der Waals surface area contributed by atoms with Crippen LogP contribution in [-0.4, -0.2) is 48.1 Å². The summed E-state index contributed by atoms with van der Waals surface area (Å²) in [5, 5.41) is 19.2. The SMILES string of the molecule is O=C(CNC(=O)Nc1cccc(Cl)c1)NCC(=O)N[C@@H](Cc1ccccc1)C(=O)O. The number of benzene rings is 2. The molecule has 2 aromatic carbocycles. The number of carboxylic acid groups (broad SMARTS) is 1. The fraction of sp³-hybridized carbons (Fsp3) is 0.200. The van der Waals surface area contributed by atoms with Crippen LogP contribution in [0.2, 0.25) is 5.02 Å². The van der Waals surface area contributed by atoms with E-state index in [1.165, 1.54) is 0 Å². The number of aliphatic carboxylic acids is 1. The average molecular weight is 433 g/mol. The second-order valence-electron chi connectivity index (χ2n) is 6.24. The predicted molar refractivity (Wildman–Crippen MR) is 111 cm³/mol. The zero-order valence-corrected chi connectivity index (χ0v) is 16.6. The highest BCUT2D eigenvalue weighted by Crippen LogP contribution is 2.14. The third-order valence-electron chi connectivity index (χ3n) is 3.85. The molecule has 158 valence electrons. The summed E-state index contributed by atoms with van der Waals surface area (Å²) in [5.41, 5.74) is 1.21. The van der Waals surface area contributed by atoms with Crippen molar-refractivity contribution in [1.29, 1.82) is 0 Å². The van der Waals surface area contributed by atoms with Crippen molar-refractivity contribution in [3.63, 3.8) is 0 Å². The van der Waals surface area contributed by atoms with Crippen LogP contribution in [0.15, 0.2) is 54.6 Å². The first-order valence-electron chi connectivity index (χ1n) is 8.96. The summed E-state index contributed by atoms with van der Waals surface area (Å²) in [6.45, 7) is -0.791. The Labute approximate surface area is 177 Å². The molecular formula is C20H21ClN4O5. The first kappa shape index (κ1) is 22.7. The van der Waals surface area contributed by atoms with E-state index in [0.717, 1.165) is 5.56 Å². The standard InChI is InChI=1S/C20H21ClN4O5/c21-14-7-4-8-15(10-14)24-20(30)23-11-17(26)22-12-18(27)25-16(19(28)29)9-13-5-2-1-3-6-13/h1-8,10,16H,9,11-12H2,(H,22,26)(H,25,27)(H,28,29)(H2,23,24,30)/t16-/m0/s1. The summed E-state index contributed by atoms with van der Waals surface area (Å²) < 4.78 is 0. The Kier molecular flexibility index (Phi) is 8.64. The molecule has 0 fully saturated rings. The van der Waals surface area contributed by atoms with E-state index in [0.29, 0.717) is 10.7 Å². The number of carbonyl (C=O) groups is 4. The molecule has 2 aromatic rings. The van der Waals surface area contributed by atoms with Crippen molar-refractivity contribution in [1.82, 2.24) is 16.0 Å². The van der Waals surface area contributed by atoms with Gasteiger partial charge in [-0.3, -0.25) is 9.59 Å². The monoisotopic (exact) mass is 432 g/mol. The molecule has 0 aliphatic heterocycles. The number of hydrogen-bond donors (Lipinski definition) is 5. The minimum atomic E-state index is -1.18. The zero-order chi connectivity index (χ0) is 21.9. The number of halogens is 1. The van der Waals surface area contributed by atoms with Crippen molar-refractivity contribution in [2.45, 2.75) is 12.5 Å². The number of rotatable bonds is 9. The molecular weight excluding hydrogens is 412 g/mol. The summed E-state index contributed by atoms with van der Waals surface area (Å²) in [6.07, 6.45) is 0.112. The lowest BCUT2D eigenvalue weighted by molar-refractivity contribution is -0.141. The maximum Gasteiger partial charge on any atom is 0.326 e. The summed E-state index contributed by atoms with van der Waals surface area (Å²) in [4.78, 5) is 46.9. The summed E-state index contributed by atoms with van der Waals surface area (Å²) in [6, 6.07) is 13.6. The van der Waals surface area contributed by atoms with Gasteiger partial charge in [-0.15, -0.1) is 0 Å². The fourth-order valence-electron chi connectivity index (χ4n) is 2.44. The molecule has 0 bridgehead atoms. The van der Waals surface area contributed by atoms with E-state index < -0.39 is 36.4 Å². The van der Waals surface area contributed by atoms with Crippen LogP contribution in [-0.2, 0) is 20.8 Å². The number of urea groups is 1. The Morgan fingerprint density at radius 3 is 2.27 bits per heavy atom. The first-order chi connectivity index (χ1) is 14.3. The molecule has 0 saturated carbocycles. The molecule has 5 N–H and O–H groups in total. The van der Waals surface area contributed by atoms with E-state index in [2.05, 4.69) is 21.3 Å². The van der Waals surface area contributed by atoms with E-state index >= 15 is 0 Å². The highest BCUT2D eigenvalue weighted by Gasteiger charge is 2.20. The fourth-order valence-corrected chi connectivity index (χ4v) is 2.63. The Hall–Kier alpha value is -3.59. The highest BCUT2D eigenvalue weighted by atomic mass is 35.5. The van der Waals surface area contributed by atoms with Gasteiger partial charge < -0.3 is 26.4 Å². The van der Waals surface area contributed by atoms with Crippen molar-refractivity contribution in [3.05, 3.63) is 65.2 Å². The van der Waals surface area contributed by atoms with Crippen LogP contribution < -0.4 is 21.3 Å². The molecule has 0 aliphatic carbocycles. The lowest BCUT2D eigenvalue weighted by atomic mass is 10.1. The number of anilines is 1. The van der Waals surface area contributed by atoms with Crippen LogP contribution >= 0.6 is 11.6 Å². The van der Waals surface area contributed by atoms with E-state index in [-0.39, 0.29) is 13.0 Å². The van der Waals surface area contributed by atoms with Crippen LogP contribution in [0.25, 0.3) is 0 Å². The maximum atomic E-state index is 12.0. The molecule has 30 heavy (non-hydrogen) atoms. The van der Waals surface area contributed by atoms with Gasteiger partial charge in [0, 0.05) is 17.1 Å². The van der Waals surface area contributed by atoms with Gasteiger partial charge in [-0.25, -0.2) is 9.59 Å². The van der Waals surface area contributed by atoms with Gasteiger partial charge in [0.15, 0.2) is 0 Å². The molecule has 0 unspecified atom stereocenters. The van der Waals surface area contributed by atoms with E-state index in [4.69, 9.17) is 11.6 Å². The van der Waals surface area contributed by atoms with E-state index in [9.17, 15) is 24.3 Å². The number of carbonyl (C=O) groups excluding carboxylic acids is 3. The van der Waals surface area contributed by atoms with Gasteiger partial charge >= 0.3 is 12.0 Å². The minimum absolute atomic E-state index is 0.112. The predicted octanol–water partition coefficient (Wildman–Crippen LogP) is 1.39. The number of hydrogen-bond acceptors (Lipinski definition) is 4. The molecule has 9 nitrogen and oxygen atoms in total. The molecule has 0 heterocycles. The Balaban J connectivity index is 1.71. The smallest absolute Gasteiger partial charge is 0.326 e. The minimum Gasteiger partial charge on any atom is -0.480 e. The summed E-state index contributed by atoms with van der Waals surface area (Å²) in [5.74, 6) is -2.45. The first-order valence-corrected chi connectivity index (χ1v) is 9.34. The van der Waals surface area contributed by atoms with Crippen molar-refractivity contribution < 1.29 is 24.3 Å². The van der Waals surface area contributed by atoms with E-state index in [1.54, 1.807) is 54.6 Å². The molecule has 0 spiro atoms. The zero-order valence-electron chi connectivity index (χ0n) is 15.9. The molecule has 0 aliphatic rings. The summed E-state index contributed by atoms with van der Waals surface area (Å²) >= 11 is 5.82. The number of nitrogens with one attached hydrogen (secondary N) is 4. The van der Waals surface area contributed by atoms with Gasteiger partial charge in [-0.05, 0) is 23.8 Å². The lowest BCUT2D eigenvalue weighted by Gasteiger charge is -2.15. The summed E-state index contributed by atoms with van der Waals surface area (Å²) in [7, 11) is 0. The normalized spacial score (nSPS) is 11.1. The van der Waals surface area contributed by atoms with Crippen LogP contribution in [0.1, 0.15) is 5.56 Å². The topological polar surface area (TPSA) is 137 Å². The van der Waals surface area contributed by atoms with E-state index in [1.807, 2.05) is 0 Å². The molecule has 4 amide bonds. The van der Waals surface area contributed by atoms with Gasteiger partial charge in [0.1, 0.15) is 6.04 Å². The number of amides is 4. The Morgan fingerprint density at radius 1 is 0.900 bits per heavy atom. The van der Waals surface area contributed by atoms with Gasteiger partial charge in [0.25, 0.3) is 0 Å². The van der Waals surface area contributed by atoms with Crippen LogP contribution in [0.5, 0.6) is 0 Å². The van der Waals surface area contributed by atoms with Gasteiger partial charge in [0.05, 0.1) is 13.1 Å². The Morgan fingerprint density at radius 2 is 1.60 bits per heavy atom. The van der Waals surface area contributed by atoms with Gasteiger partial charge in [0.2, 0.25) is 11.8 Å². The molecule has 10 heteroatoms. The Bertz CT molecular complexity index is 907. The highest BCUT2D eigenvalue weighted by molar-refractivity contribution is 6.30. The van der Waals surface area contributed by atoms with Crippen molar-refractivity contribution in [2.75, 3.05) is 18.4 Å². The van der Waals surface area contributed by atoms with Crippen LogP contribution in [0, 0.1) is 0 Å². The maximum absolute atomic E-state index is 12.0. The molecule has 1 atom stereocenters. The van der Waals surface area contributed by atoms with Crippen molar-refractivity contribution in [2.24, 2.45) is 0 Å². The number of carboxylic acids is 1. The van der Waals surface area contributed by atoms with Crippen LogP contribution in [0.3, 0.4) is 0 Å². The largest absolute Gasteiger partial charge is 0.480 e. The lowest BCUT2D eigenvalue weighted by Crippen LogP contribution is -2.48. The molecule has 0 saturated heterocycles. The second-order valence-corrected chi connectivity index (χ2v) is 6.68. The second kappa shape index (κ2) is 11.4. The quantitative estimate of drug-likeness (QED) is 0.408. The third kappa shape index (κ3) is 8.19.